The maximum atomic E-state index is 14.0. The minimum atomic E-state index is -0.647. The van der Waals surface area contributed by atoms with Gasteiger partial charge in [0.05, 0.1) is 28.6 Å². The molecule has 0 saturated carbocycles. The van der Waals surface area contributed by atoms with Crippen LogP contribution >= 0.6 is 15.9 Å². The number of hydrogen-bond donors (Lipinski definition) is 1. The molecule has 0 radical (unpaired) electrons. The Kier molecular flexibility index (Phi) is 6.61. The van der Waals surface area contributed by atoms with E-state index in [1.807, 2.05) is 44.2 Å². The molecule has 40 heavy (non-hydrogen) atoms. The highest BCUT2D eigenvalue weighted by Crippen LogP contribution is 2.56. The van der Waals surface area contributed by atoms with Crippen molar-refractivity contribution in [2.75, 3.05) is 11.5 Å². The Morgan fingerprint density at radius 1 is 1.00 bits per heavy atom. The Bertz CT molecular complexity index is 1570. The van der Waals surface area contributed by atoms with Crippen molar-refractivity contribution < 1.29 is 29.0 Å². The first-order valence-corrected chi connectivity index (χ1v) is 14.4. The van der Waals surface area contributed by atoms with E-state index in [9.17, 15) is 24.3 Å². The number of nitrogens with zero attached hydrogens (tertiary/aromatic N) is 1. The van der Waals surface area contributed by atoms with Crippen LogP contribution in [0.3, 0.4) is 0 Å². The number of fused-ring (bicyclic) bond motifs is 3. The van der Waals surface area contributed by atoms with Crippen LogP contribution in [0.4, 0.5) is 5.69 Å². The largest absolute Gasteiger partial charge is 0.504 e. The number of allylic oxidation sites excluding steroid dienone is 6. The number of amides is 2. The lowest BCUT2D eigenvalue weighted by atomic mass is 9.59. The number of carbonyl (C=O) groups excluding carboxylic acids is 4. The van der Waals surface area contributed by atoms with E-state index in [0.29, 0.717) is 35.4 Å². The summed E-state index contributed by atoms with van der Waals surface area (Å²) in [4.78, 5) is 55.7. The van der Waals surface area contributed by atoms with Crippen molar-refractivity contribution in [1.29, 1.82) is 0 Å². The summed E-state index contributed by atoms with van der Waals surface area (Å²) < 4.78 is 5.81. The van der Waals surface area contributed by atoms with Gasteiger partial charge in [0.25, 0.3) is 0 Å². The van der Waals surface area contributed by atoms with Crippen LogP contribution in [0.5, 0.6) is 11.5 Å². The van der Waals surface area contributed by atoms with Crippen LogP contribution in [0.25, 0.3) is 0 Å². The van der Waals surface area contributed by atoms with Gasteiger partial charge in [-0.1, -0.05) is 36.8 Å². The summed E-state index contributed by atoms with van der Waals surface area (Å²) >= 11 is 3.25. The number of Topliss-reactive ketones (excluding diaryl/α,β-unsaturated/α-hetero) is 1. The van der Waals surface area contributed by atoms with Crippen molar-refractivity contribution in [1.82, 2.24) is 0 Å². The molecule has 0 spiro atoms. The lowest BCUT2D eigenvalue weighted by Crippen LogP contribution is -2.39. The molecule has 1 aliphatic heterocycles. The minimum Gasteiger partial charge on any atom is -0.504 e. The van der Waals surface area contributed by atoms with E-state index in [0.717, 1.165) is 17.6 Å². The van der Waals surface area contributed by atoms with Crippen molar-refractivity contribution in [2.45, 2.75) is 39.0 Å². The molecule has 0 bridgehead atoms. The second-order valence-corrected chi connectivity index (χ2v) is 11.4. The first-order chi connectivity index (χ1) is 19.2. The third-order valence-electron chi connectivity index (χ3n) is 8.55. The number of rotatable bonds is 5. The normalized spacial score (nSPS) is 25.8. The SMILES string of the molecule is CCOc1cc([C@H]2C3=CC[C@@H]4C(=O)N(c5ccc(CC)cc5)C(=O)[C@@H]4[C@@H]3CC3=C2C(=O)C=C(Br)C3=O)ccc1O. The molecule has 4 atom stereocenters. The number of ether oxygens (including phenoxy) is 1. The molecular formula is C32H28BrNO6. The van der Waals surface area contributed by atoms with Crippen molar-refractivity contribution in [3.63, 3.8) is 0 Å². The summed E-state index contributed by atoms with van der Waals surface area (Å²) in [6.07, 6.45) is 4.69. The summed E-state index contributed by atoms with van der Waals surface area (Å²) in [7, 11) is 0. The lowest BCUT2D eigenvalue weighted by Gasteiger charge is -2.42. The molecule has 204 valence electrons. The van der Waals surface area contributed by atoms with Gasteiger partial charge in [-0.15, -0.1) is 0 Å². The molecule has 3 aliphatic carbocycles. The first-order valence-electron chi connectivity index (χ1n) is 13.6. The molecule has 1 saturated heterocycles. The minimum absolute atomic E-state index is 0.0279. The number of phenols is 1. The fraction of sp³-hybridized carbons (Fsp3) is 0.312. The van der Waals surface area contributed by atoms with Crippen molar-refractivity contribution in [2.24, 2.45) is 17.8 Å². The third kappa shape index (κ3) is 4.00. The van der Waals surface area contributed by atoms with Gasteiger partial charge in [0.15, 0.2) is 23.1 Å². The molecule has 1 heterocycles. The Morgan fingerprint density at radius 2 is 1.75 bits per heavy atom. The van der Waals surface area contributed by atoms with Crippen LogP contribution in [-0.4, -0.2) is 35.1 Å². The van der Waals surface area contributed by atoms with Crippen LogP contribution in [0.1, 0.15) is 43.7 Å². The van der Waals surface area contributed by atoms with E-state index >= 15 is 0 Å². The van der Waals surface area contributed by atoms with Crippen LogP contribution in [0, 0.1) is 17.8 Å². The number of carbonyl (C=O) groups is 4. The quantitative estimate of drug-likeness (QED) is 0.283. The van der Waals surface area contributed by atoms with Crippen LogP contribution in [-0.2, 0) is 25.6 Å². The number of aryl methyl sites for hydroxylation is 1. The van der Waals surface area contributed by atoms with Crippen molar-refractivity contribution in [3.05, 3.63) is 86.9 Å². The third-order valence-corrected chi connectivity index (χ3v) is 9.14. The summed E-state index contributed by atoms with van der Waals surface area (Å²) in [6, 6.07) is 12.4. The Balaban J connectivity index is 1.47. The van der Waals surface area contributed by atoms with Gasteiger partial charge in [0.2, 0.25) is 11.8 Å². The number of ketones is 2. The highest BCUT2D eigenvalue weighted by atomic mass is 79.9. The maximum absolute atomic E-state index is 14.0. The zero-order chi connectivity index (χ0) is 28.3. The van der Waals surface area contributed by atoms with E-state index in [1.54, 1.807) is 12.1 Å². The molecule has 2 amide bonds. The number of imide groups is 1. The average molecular weight is 602 g/mol. The van der Waals surface area contributed by atoms with Gasteiger partial charge in [-0.25, -0.2) is 0 Å². The Morgan fingerprint density at radius 3 is 2.45 bits per heavy atom. The van der Waals surface area contributed by atoms with Crippen LogP contribution in [0.2, 0.25) is 0 Å². The summed E-state index contributed by atoms with van der Waals surface area (Å²) in [6.45, 7) is 4.19. The molecule has 0 aromatic heterocycles. The smallest absolute Gasteiger partial charge is 0.238 e. The number of phenolic OH excluding ortho intramolecular Hbond substituents is 1. The topological polar surface area (TPSA) is 101 Å². The van der Waals surface area contributed by atoms with Gasteiger partial charge in [-0.3, -0.25) is 24.1 Å². The van der Waals surface area contributed by atoms with Gasteiger partial charge in [0, 0.05) is 23.1 Å². The fourth-order valence-corrected chi connectivity index (χ4v) is 7.15. The highest BCUT2D eigenvalue weighted by molar-refractivity contribution is 9.12. The highest BCUT2D eigenvalue weighted by Gasteiger charge is 2.56. The molecule has 2 aromatic carbocycles. The van der Waals surface area contributed by atoms with Gasteiger partial charge < -0.3 is 9.84 Å². The zero-order valence-electron chi connectivity index (χ0n) is 22.1. The molecule has 8 heteroatoms. The molecule has 7 nitrogen and oxygen atoms in total. The Labute approximate surface area is 240 Å². The zero-order valence-corrected chi connectivity index (χ0v) is 23.7. The molecule has 2 aromatic rings. The molecule has 6 rings (SSSR count). The average Bonchev–Trinajstić information content (AvgIpc) is 3.21. The predicted octanol–water partition coefficient (Wildman–Crippen LogP) is 5.32. The second kappa shape index (κ2) is 10.0. The number of halogens is 1. The van der Waals surface area contributed by atoms with Crippen LogP contribution < -0.4 is 9.64 Å². The summed E-state index contributed by atoms with van der Waals surface area (Å²) in [5.74, 6) is -3.05. The lowest BCUT2D eigenvalue weighted by molar-refractivity contribution is -0.123. The van der Waals surface area contributed by atoms with Gasteiger partial charge in [0.1, 0.15) is 0 Å². The molecule has 1 fully saturated rings. The van der Waals surface area contributed by atoms with E-state index in [4.69, 9.17) is 4.74 Å². The summed E-state index contributed by atoms with van der Waals surface area (Å²) in [5, 5.41) is 10.3. The first kappa shape index (κ1) is 26.4. The van der Waals surface area contributed by atoms with Crippen LogP contribution in [0.15, 0.2) is 75.8 Å². The standard InChI is InChI=1S/C32H28BrNO6/c1-3-16-5-8-18(9-6-16)34-31(38)20-11-10-19-21(28(20)32(34)39)14-22-29(25(36)15-23(33)30(22)37)27(19)17-7-12-24(35)26(13-17)40-4-2/h5-10,12-13,15,20-21,27-28,35H,3-4,11,14H2,1-2H3/t20-,21+,27-,28-/m0/s1. The Hall–Kier alpha value is -3.78. The molecule has 0 unspecified atom stereocenters. The molecule has 1 N–H and O–H groups in total. The number of anilines is 1. The van der Waals surface area contributed by atoms with Gasteiger partial charge in [-0.2, -0.15) is 0 Å². The van der Waals surface area contributed by atoms with Gasteiger partial charge >= 0.3 is 0 Å². The molecule has 4 aliphatic rings. The fourth-order valence-electron chi connectivity index (χ4n) is 6.70. The monoisotopic (exact) mass is 601 g/mol. The van der Waals surface area contributed by atoms with Crippen molar-refractivity contribution in [3.8, 4) is 11.5 Å². The summed E-state index contributed by atoms with van der Waals surface area (Å²) in [5.41, 5.74) is 3.93. The van der Waals surface area contributed by atoms with E-state index < -0.39 is 23.7 Å². The maximum Gasteiger partial charge on any atom is 0.238 e. The number of benzene rings is 2. The van der Waals surface area contributed by atoms with E-state index in [1.165, 1.54) is 17.0 Å². The number of hydrogen-bond acceptors (Lipinski definition) is 6. The molecular weight excluding hydrogens is 574 g/mol. The number of aromatic hydroxyl groups is 1. The second-order valence-electron chi connectivity index (χ2n) is 10.6. The van der Waals surface area contributed by atoms with E-state index in [-0.39, 0.29) is 45.8 Å². The predicted molar refractivity (Wildman–Crippen MR) is 152 cm³/mol. The van der Waals surface area contributed by atoms with E-state index in [2.05, 4.69) is 15.9 Å². The van der Waals surface area contributed by atoms with Gasteiger partial charge in [-0.05, 0) is 83.4 Å². The van der Waals surface area contributed by atoms with Crippen molar-refractivity contribution >= 4 is 45.0 Å².